The molecule has 0 aromatic carbocycles. The summed E-state index contributed by atoms with van der Waals surface area (Å²) >= 11 is 0. The van der Waals surface area contributed by atoms with Crippen LogP contribution in [0.2, 0.25) is 0 Å². The lowest BCUT2D eigenvalue weighted by Crippen LogP contribution is -2.51. The summed E-state index contributed by atoms with van der Waals surface area (Å²) in [5, 5.41) is 3.44. The van der Waals surface area contributed by atoms with Crippen molar-refractivity contribution >= 4 is 5.91 Å². The van der Waals surface area contributed by atoms with Gasteiger partial charge in [-0.2, -0.15) is 0 Å². The van der Waals surface area contributed by atoms with Crippen LogP contribution in [0.3, 0.4) is 0 Å². The molecule has 0 aromatic rings. The smallest absolute Gasteiger partial charge is 0.224 e. The van der Waals surface area contributed by atoms with Gasteiger partial charge in [0.25, 0.3) is 0 Å². The van der Waals surface area contributed by atoms with Crippen LogP contribution in [0.5, 0.6) is 0 Å². The van der Waals surface area contributed by atoms with Crippen molar-refractivity contribution in [3.8, 4) is 0 Å². The van der Waals surface area contributed by atoms with E-state index in [-0.39, 0.29) is 17.0 Å². The minimum atomic E-state index is -0.0712. The number of hydrogen-bond acceptors (Lipinski definition) is 2. The van der Waals surface area contributed by atoms with Gasteiger partial charge in [-0.05, 0) is 34.6 Å². The Balaban J connectivity index is 2.91. The molecule has 3 nitrogen and oxygen atoms in total. The zero-order valence-corrected chi connectivity index (χ0v) is 9.98. The Morgan fingerprint density at radius 2 is 1.93 bits per heavy atom. The molecule has 82 valence electrons. The summed E-state index contributed by atoms with van der Waals surface area (Å²) in [6.45, 7) is 12.1. The molecule has 0 atom stereocenters. The Bertz CT molecular complexity index is 233. The molecule has 1 N–H and O–H groups in total. The van der Waals surface area contributed by atoms with Crippen molar-refractivity contribution in [1.29, 1.82) is 0 Å². The number of nitrogens with zero attached hydrogens (tertiary/aromatic N) is 1. The van der Waals surface area contributed by atoms with Gasteiger partial charge >= 0.3 is 0 Å². The van der Waals surface area contributed by atoms with Gasteiger partial charge in [0.15, 0.2) is 0 Å². The molecular weight excluding hydrogens is 176 g/mol. The van der Waals surface area contributed by atoms with Crippen LogP contribution < -0.4 is 5.32 Å². The van der Waals surface area contributed by atoms with Crippen molar-refractivity contribution in [2.75, 3.05) is 13.1 Å². The molecule has 0 saturated carbocycles. The minimum absolute atomic E-state index is 0.0698. The minimum Gasteiger partial charge on any atom is -0.337 e. The number of hydrogen-bond donors (Lipinski definition) is 1. The summed E-state index contributed by atoms with van der Waals surface area (Å²) in [6, 6.07) is 0. The standard InChI is InChI=1S/C11H22N2O/c1-6-13-9(14)7-10(2,3)12-8-11(13,4)5/h12H,6-8H2,1-5H3. The highest BCUT2D eigenvalue weighted by Crippen LogP contribution is 2.23. The summed E-state index contributed by atoms with van der Waals surface area (Å²) < 4.78 is 0. The fourth-order valence-electron chi connectivity index (χ4n) is 2.03. The monoisotopic (exact) mass is 198 g/mol. The van der Waals surface area contributed by atoms with Gasteiger partial charge in [-0.3, -0.25) is 4.79 Å². The van der Waals surface area contributed by atoms with Crippen LogP contribution in [0.15, 0.2) is 0 Å². The predicted octanol–water partition coefficient (Wildman–Crippen LogP) is 1.39. The molecule has 0 aromatic heterocycles. The zero-order valence-electron chi connectivity index (χ0n) is 9.98. The first kappa shape index (κ1) is 11.5. The van der Waals surface area contributed by atoms with Crippen molar-refractivity contribution in [2.45, 2.75) is 52.1 Å². The molecule has 1 heterocycles. The van der Waals surface area contributed by atoms with Crippen molar-refractivity contribution in [3.63, 3.8) is 0 Å². The first-order chi connectivity index (χ1) is 6.28. The van der Waals surface area contributed by atoms with E-state index in [0.717, 1.165) is 13.1 Å². The Kier molecular flexibility index (Phi) is 2.91. The van der Waals surface area contributed by atoms with E-state index in [1.807, 2.05) is 11.8 Å². The molecule has 1 saturated heterocycles. The molecule has 1 fully saturated rings. The quantitative estimate of drug-likeness (QED) is 0.690. The van der Waals surface area contributed by atoms with E-state index >= 15 is 0 Å². The van der Waals surface area contributed by atoms with E-state index in [1.165, 1.54) is 0 Å². The number of nitrogens with one attached hydrogen (secondary N) is 1. The van der Waals surface area contributed by atoms with Crippen LogP contribution in [0.1, 0.15) is 41.0 Å². The number of amides is 1. The van der Waals surface area contributed by atoms with Gasteiger partial charge in [0, 0.05) is 30.6 Å². The fourth-order valence-corrected chi connectivity index (χ4v) is 2.03. The first-order valence-corrected chi connectivity index (χ1v) is 5.34. The average Bonchev–Trinajstić information content (AvgIpc) is 2.07. The van der Waals surface area contributed by atoms with Crippen LogP contribution in [-0.4, -0.2) is 35.0 Å². The molecule has 1 aliphatic rings. The number of carbonyl (C=O) groups is 1. The number of carbonyl (C=O) groups excluding carboxylic acids is 1. The summed E-state index contributed by atoms with van der Waals surface area (Å²) in [5.41, 5.74) is -0.141. The molecule has 0 bridgehead atoms. The molecule has 0 aliphatic carbocycles. The lowest BCUT2D eigenvalue weighted by Gasteiger charge is -2.36. The molecule has 3 heteroatoms. The lowest BCUT2D eigenvalue weighted by atomic mass is 10.0. The summed E-state index contributed by atoms with van der Waals surface area (Å²) in [6.07, 6.45) is 0.588. The van der Waals surface area contributed by atoms with Gasteiger partial charge in [-0.25, -0.2) is 0 Å². The van der Waals surface area contributed by atoms with Crippen molar-refractivity contribution in [3.05, 3.63) is 0 Å². The third kappa shape index (κ3) is 2.27. The molecule has 1 amide bonds. The average molecular weight is 198 g/mol. The second-order valence-corrected chi connectivity index (χ2v) is 5.36. The highest BCUT2D eigenvalue weighted by Gasteiger charge is 2.37. The molecular formula is C11H22N2O. The van der Waals surface area contributed by atoms with Gasteiger partial charge in [-0.1, -0.05) is 0 Å². The maximum absolute atomic E-state index is 12.0. The number of rotatable bonds is 1. The third-order valence-corrected chi connectivity index (χ3v) is 2.94. The lowest BCUT2D eigenvalue weighted by molar-refractivity contribution is -0.135. The molecule has 1 rings (SSSR count). The molecule has 1 aliphatic heterocycles. The van der Waals surface area contributed by atoms with Crippen LogP contribution in [0.4, 0.5) is 0 Å². The summed E-state index contributed by atoms with van der Waals surface area (Å²) in [5.74, 6) is 0.257. The Morgan fingerprint density at radius 3 is 2.43 bits per heavy atom. The summed E-state index contributed by atoms with van der Waals surface area (Å²) in [4.78, 5) is 13.9. The van der Waals surface area contributed by atoms with Gasteiger partial charge in [0.05, 0.1) is 0 Å². The molecule has 0 unspecified atom stereocenters. The Morgan fingerprint density at radius 1 is 1.36 bits per heavy atom. The molecule has 14 heavy (non-hydrogen) atoms. The van der Waals surface area contributed by atoms with Crippen molar-refractivity contribution < 1.29 is 4.79 Å². The largest absolute Gasteiger partial charge is 0.337 e. The van der Waals surface area contributed by atoms with E-state index < -0.39 is 0 Å². The van der Waals surface area contributed by atoms with E-state index in [2.05, 4.69) is 33.0 Å². The molecule has 0 spiro atoms. The van der Waals surface area contributed by atoms with Crippen LogP contribution in [0, 0.1) is 0 Å². The summed E-state index contributed by atoms with van der Waals surface area (Å²) in [7, 11) is 0. The van der Waals surface area contributed by atoms with Gasteiger partial charge in [0.1, 0.15) is 0 Å². The topological polar surface area (TPSA) is 32.3 Å². The second-order valence-electron chi connectivity index (χ2n) is 5.36. The van der Waals surface area contributed by atoms with Crippen LogP contribution in [-0.2, 0) is 4.79 Å². The maximum Gasteiger partial charge on any atom is 0.224 e. The van der Waals surface area contributed by atoms with Gasteiger partial charge in [-0.15, -0.1) is 0 Å². The first-order valence-electron chi connectivity index (χ1n) is 5.34. The Hall–Kier alpha value is -0.570. The Labute approximate surface area is 86.9 Å². The number of likely N-dealkylation sites (N-methyl/N-ethyl adjacent to an activating group) is 1. The van der Waals surface area contributed by atoms with Crippen molar-refractivity contribution in [1.82, 2.24) is 10.2 Å². The molecule has 0 radical (unpaired) electrons. The highest BCUT2D eigenvalue weighted by molar-refractivity contribution is 5.78. The van der Waals surface area contributed by atoms with Gasteiger partial charge < -0.3 is 10.2 Å². The van der Waals surface area contributed by atoms with E-state index in [0.29, 0.717) is 6.42 Å². The van der Waals surface area contributed by atoms with Crippen LogP contribution >= 0.6 is 0 Å². The van der Waals surface area contributed by atoms with E-state index in [9.17, 15) is 4.79 Å². The predicted molar refractivity (Wildman–Crippen MR) is 58.2 cm³/mol. The second kappa shape index (κ2) is 3.54. The van der Waals surface area contributed by atoms with E-state index in [1.54, 1.807) is 0 Å². The van der Waals surface area contributed by atoms with Crippen LogP contribution in [0.25, 0.3) is 0 Å². The van der Waals surface area contributed by atoms with E-state index in [4.69, 9.17) is 0 Å². The fraction of sp³-hybridized carbons (Fsp3) is 0.909. The third-order valence-electron chi connectivity index (χ3n) is 2.94. The zero-order chi connectivity index (χ0) is 11.0. The highest BCUT2D eigenvalue weighted by atomic mass is 16.2. The normalized spacial score (nSPS) is 26.1. The van der Waals surface area contributed by atoms with Crippen molar-refractivity contribution in [2.24, 2.45) is 0 Å². The maximum atomic E-state index is 12.0. The van der Waals surface area contributed by atoms with Gasteiger partial charge in [0.2, 0.25) is 5.91 Å². The SMILES string of the molecule is CCN1C(=O)CC(C)(C)NCC1(C)C.